The molecule has 0 fully saturated rings. The summed E-state index contributed by atoms with van der Waals surface area (Å²) in [5.74, 6) is 0.276. The van der Waals surface area contributed by atoms with E-state index in [1.165, 1.54) is 22.5 Å². The molecule has 43 heavy (non-hydrogen) atoms. The molecule has 6 rings (SSSR count). The Hall–Kier alpha value is -4.54. The van der Waals surface area contributed by atoms with Crippen molar-refractivity contribution in [3.63, 3.8) is 0 Å². The minimum absolute atomic E-state index is 0.0397. The number of carbonyl (C=O) groups is 2. The highest BCUT2D eigenvalue weighted by Crippen LogP contribution is 2.35. The molecular formula is C32H28ClN3O6S. The number of ether oxygens (including phenoxy) is 2. The van der Waals surface area contributed by atoms with Gasteiger partial charge in [0.1, 0.15) is 11.5 Å². The minimum atomic E-state index is -3.82. The first-order valence-corrected chi connectivity index (χ1v) is 15.5. The van der Waals surface area contributed by atoms with E-state index >= 15 is 0 Å². The number of fused-ring (bicyclic) bond motifs is 2. The average Bonchev–Trinajstić information content (AvgIpc) is 3.65. The summed E-state index contributed by atoms with van der Waals surface area (Å²) in [5.41, 5.74) is 4.44. The van der Waals surface area contributed by atoms with E-state index in [0.29, 0.717) is 48.6 Å². The topological polar surface area (TPSA) is 105 Å². The van der Waals surface area contributed by atoms with Crippen molar-refractivity contribution >= 4 is 50.5 Å². The number of nitrogens with one attached hydrogen (secondary N) is 1. The van der Waals surface area contributed by atoms with Crippen molar-refractivity contribution in [3.8, 4) is 11.5 Å². The van der Waals surface area contributed by atoms with Crippen LogP contribution in [0.5, 0.6) is 11.5 Å². The van der Waals surface area contributed by atoms with E-state index in [4.69, 9.17) is 21.1 Å². The van der Waals surface area contributed by atoms with Gasteiger partial charge in [-0.3, -0.25) is 13.9 Å². The predicted octanol–water partition coefficient (Wildman–Crippen LogP) is 5.32. The zero-order valence-electron chi connectivity index (χ0n) is 23.2. The first-order valence-electron chi connectivity index (χ1n) is 13.7. The number of halogens is 1. The minimum Gasteiger partial charge on any atom is -0.497 e. The second-order valence-electron chi connectivity index (χ2n) is 10.2. The van der Waals surface area contributed by atoms with E-state index in [2.05, 4.69) is 5.32 Å². The molecule has 0 bridgehead atoms. The van der Waals surface area contributed by atoms with Gasteiger partial charge in [-0.1, -0.05) is 35.9 Å². The van der Waals surface area contributed by atoms with Crippen molar-refractivity contribution in [1.82, 2.24) is 0 Å². The Balaban J connectivity index is 1.10. The van der Waals surface area contributed by atoms with Gasteiger partial charge >= 0.3 is 0 Å². The normalized spacial score (nSPS) is 13.8. The van der Waals surface area contributed by atoms with Crippen LogP contribution in [0.1, 0.15) is 21.5 Å². The summed E-state index contributed by atoms with van der Waals surface area (Å²) in [7, 11) is -2.25. The Bertz CT molecular complexity index is 1830. The van der Waals surface area contributed by atoms with Crippen LogP contribution in [0.25, 0.3) is 0 Å². The van der Waals surface area contributed by atoms with Gasteiger partial charge in [-0.2, -0.15) is 0 Å². The Kier molecular flexibility index (Phi) is 7.72. The van der Waals surface area contributed by atoms with Gasteiger partial charge in [0.05, 0.1) is 22.7 Å². The fourth-order valence-electron chi connectivity index (χ4n) is 5.34. The van der Waals surface area contributed by atoms with Crippen molar-refractivity contribution < 1.29 is 27.5 Å². The van der Waals surface area contributed by atoms with Crippen molar-refractivity contribution in [2.75, 3.05) is 41.3 Å². The summed E-state index contributed by atoms with van der Waals surface area (Å²) >= 11 is 6.38. The van der Waals surface area contributed by atoms with Gasteiger partial charge in [-0.15, -0.1) is 0 Å². The number of hydrogen-bond acceptors (Lipinski definition) is 6. The maximum absolute atomic E-state index is 13.3. The molecule has 2 aliphatic heterocycles. The summed E-state index contributed by atoms with van der Waals surface area (Å²) in [5, 5.41) is 2.87. The SMILES string of the molecule is COc1ccc(C(=O)N2CCc3ccc(NC(=O)COc4ccc(S(=O)(=O)N5CCc6ccccc65)cc4Cl)cc32)cc1. The summed E-state index contributed by atoms with van der Waals surface area (Å²) in [6.07, 6.45) is 1.35. The number of rotatable bonds is 8. The third-order valence-corrected chi connectivity index (χ3v) is 9.65. The van der Waals surface area contributed by atoms with Gasteiger partial charge in [-0.05, 0) is 84.6 Å². The van der Waals surface area contributed by atoms with Crippen molar-refractivity contribution in [1.29, 1.82) is 0 Å². The molecule has 0 radical (unpaired) electrons. The highest BCUT2D eigenvalue weighted by Gasteiger charge is 2.31. The molecule has 1 N–H and O–H groups in total. The third kappa shape index (κ3) is 5.63. The second-order valence-corrected chi connectivity index (χ2v) is 12.4. The molecule has 2 aliphatic rings. The van der Waals surface area contributed by atoms with Gasteiger partial charge in [0.25, 0.3) is 21.8 Å². The second kappa shape index (κ2) is 11.6. The van der Waals surface area contributed by atoms with Crippen LogP contribution in [0.15, 0.2) is 89.8 Å². The van der Waals surface area contributed by atoms with Crippen LogP contribution in [0.3, 0.4) is 0 Å². The Morgan fingerprint density at radius 3 is 2.40 bits per heavy atom. The molecule has 2 amide bonds. The van der Waals surface area contributed by atoms with Crippen LogP contribution < -0.4 is 24.0 Å². The lowest BCUT2D eigenvalue weighted by atomic mass is 10.1. The van der Waals surface area contributed by atoms with E-state index in [-0.39, 0.29) is 28.2 Å². The fourth-order valence-corrected chi connectivity index (χ4v) is 7.17. The highest BCUT2D eigenvalue weighted by molar-refractivity contribution is 7.92. The Labute approximate surface area is 254 Å². The molecule has 220 valence electrons. The molecule has 11 heteroatoms. The molecule has 0 saturated heterocycles. The number of nitrogens with zero attached hydrogens (tertiary/aromatic N) is 2. The van der Waals surface area contributed by atoms with E-state index in [1.54, 1.807) is 54.5 Å². The molecule has 9 nitrogen and oxygen atoms in total. The largest absolute Gasteiger partial charge is 0.497 e. The molecule has 0 spiro atoms. The predicted molar refractivity (Wildman–Crippen MR) is 165 cm³/mol. The van der Waals surface area contributed by atoms with Crippen LogP contribution in [-0.4, -0.2) is 47.0 Å². The Morgan fingerprint density at radius 1 is 0.884 bits per heavy atom. The number of methoxy groups -OCH3 is 1. The van der Waals surface area contributed by atoms with Crippen LogP contribution in [0.2, 0.25) is 5.02 Å². The van der Waals surface area contributed by atoms with Crippen molar-refractivity contribution in [2.24, 2.45) is 0 Å². The standard InChI is InChI=1S/C32H28ClN3O6S/c1-41-25-10-7-23(8-11-25)32(38)35-16-14-22-6-9-24(18-29(22)35)34-31(37)20-42-30-13-12-26(19-27(30)33)43(39,40)36-17-15-21-4-2-3-5-28(21)36/h2-13,18-19H,14-17,20H2,1H3,(H,34,37). The van der Waals surface area contributed by atoms with Crippen LogP contribution in [0.4, 0.5) is 17.1 Å². The maximum atomic E-state index is 13.3. The number of amides is 2. The first-order chi connectivity index (χ1) is 20.7. The molecule has 2 heterocycles. The first kappa shape index (κ1) is 28.6. The lowest BCUT2D eigenvalue weighted by Gasteiger charge is -2.20. The number of anilines is 3. The quantitative estimate of drug-likeness (QED) is 0.287. The Morgan fingerprint density at radius 2 is 1.63 bits per heavy atom. The molecule has 0 unspecified atom stereocenters. The number of benzene rings is 4. The van der Waals surface area contributed by atoms with Crippen LogP contribution in [-0.2, 0) is 27.7 Å². The summed E-state index contributed by atoms with van der Waals surface area (Å²) in [6.45, 7) is 0.542. The molecule has 0 aliphatic carbocycles. The van der Waals surface area contributed by atoms with E-state index in [1.807, 2.05) is 24.3 Å². The van der Waals surface area contributed by atoms with Gasteiger partial charge in [0, 0.05) is 30.0 Å². The lowest BCUT2D eigenvalue weighted by molar-refractivity contribution is -0.118. The molecule has 4 aromatic carbocycles. The average molecular weight is 618 g/mol. The monoisotopic (exact) mass is 617 g/mol. The molecule has 4 aromatic rings. The zero-order valence-corrected chi connectivity index (χ0v) is 24.8. The van der Waals surface area contributed by atoms with Crippen LogP contribution >= 0.6 is 11.6 Å². The summed E-state index contributed by atoms with van der Waals surface area (Å²) in [6, 6.07) is 24.0. The smallest absolute Gasteiger partial charge is 0.264 e. The lowest BCUT2D eigenvalue weighted by Crippen LogP contribution is -2.29. The van der Waals surface area contributed by atoms with Crippen LogP contribution in [0, 0.1) is 0 Å². The van der Waals surface area contributed by atoms with E-state index in [0.717, 1.165) is 16.8 Å². The zero-order chi connectivity index (χ0) is 30.1. The van der Waals surface area contributed by atoms with Crippen molar-refractivity contribution in [2.45, 2.75) is 17.7 Å². The summed E-state index contributed by atoms with van der Waals surface area (Å²) < 4.78 is 38.8. The summed E-state index contributed by atoms with van der Waals surface area (Å²) in [4.78, 5) is 27.6. The number of carbonyl (C=O) groups excluding carboxylic acids is 2. The molecule has 0 atom stereocenters. The van der Waals surface area contributed by atoms with Gasteiger partial charge in [0.15, 0.2) is 6.61 Å². The molecule has 0 aromatic heterocycles. The third-order valence-electron chi connectivity index (χ3n) is 7.54. The number of hydrogen-bond donors (Lipinski definition) is 1. The fraction of sp³-hybridized carbons (Fsp3) is 0.188. The van der Waals surface area contributed by atoms with Gasteiger partial charge in [0.2, 0.25) is 0 Å². The van der Waals surface area contributed by atoms with Gasteiger partial charge in [-0.25, -0.2) is 8.42 Å². The number of sulfonamides is 1. The highest BCUT2D eigenvalue weighted by atomic mass is 35.5. The molecule has 0 saturated carbocycles. The molecular weight excluding hydrogens is 590 g/mol. The number of para-hydroxylation sites is 1. The van der Waals surface area contributed by atoms with E-state index < -0.39 is 15.9 Å². The van der Waals surface area contributed by atoms with Gasteiger partial charge < -0.3 is 19.7 Å². The van der Waals surface area contributed by atoms with Crippen molar-refractivity contribution in [3.05, 3.63) is 107 Å². The maximum Gasteiger partial charge on any atom is 0.264 e. The van der Waals surface area contributed by atoms with E-state index in [9.17, 15) is 18.0 Å².